The van der Waals surface area contributed by atoms with Gasteiger partial charge in [-0.25, -0.2) is 5.01 Å². The van der Waals surface area contributed by atoms with Crippen LogP contribution in [0.2, 0.25) is 0 Å². The summed E-state index contributed by atoms with van der Waals surface area (Å²) in [5.74, 6) is 8.80. The highest BCUT2D eigenvalue weighted by Crippen LogP contribution is 2.50. The van der Waals surface area contributed by atoms with E-state index < -0.39 is 0 Å². The van der Waals surface area contributed by atoms with Gasteiger partial charge in [0.15, 0.2) is 28.8 Å². The molecule has 12 heteroatoms. The monoisotopic (exact) mass is 2070 g/mol. The summed E-state index contributed by atoms with van der Waals surface area (Å²) in [4.78, 5) is 4.34. The Kier molecular flexibility index (Phi) is 89.0. The third kappa shape index (κ3) is 68.0. The molecule has 0 aromatic heterocycles. The number of fused-ring (bicyclic) bond motifs is 1. The number of ether oxygens (including phenoxy) is 6. The van der Waals surface area contributed by atoms with Crippen molar-refractivity contribution in [3.05, 3.63) is 60.2 Å². The molecule has 5 rings (SSSR count). The first-order valence-corrected chi connectivity index (χ1v) is 67.3. The van der Waals surface area contributed by atoms with Crippen LogP contribution in [0.4, 0.5) is 17.1 Å². The van der Waals surface area contributed by atoms with Crippen LogP contribution in [0.25, 0.3) is 11.1 Å². The number of rotatable bonds is 111. The Morgan fingerprint density at radius 3 is 0.655 bits per heavy atom. The number of anilines is 3. The zero-order valence-electron chi connectivity index (χ0n) is 97.3. The van der Waals surface area contributed by atoms with Gasteiger partial charge in [-0.2, -0.15) is 0 Å². The van der Waals surface area contributed by atoms with Gasteiger partial charge in [0.1, 0.15) is 0 Å². The van der Waals surface area contributed by atoms with Crippen molar-refractivity contribution in [3.8, 4) is 45.6 Å². The molecule has 836 valence electrons. The molecular formula is C133H235N3O6S3. The van der Waals surface area contributed by atoms with Gasteiger partial charge in [0.25, 0.3) is 0 Å². The van der Waals surface area contributed by atoms with Crippen LogP contribution < -0.4 is 38.7 Å². The van der Waals surface area contributed by atoms with E-state index in [9.17, 15) is 0 Å². The average Bonchev–Trinajstić information content (AvgIpc) is 0.706. The lowest BCUT2D eigenvalue weighted by Gasteiger charge is -2.31. The second kappa shape index (κ2) is 98.2. The van der Waals surface area contributed by atoms with E-state index in [-0.39, 0.29) is 0 Å². The molecule has 0 aliphatic carbocycles. The fraction of sp³-hybridized carbons (Fsp3) is 0.812. The highest BCUT2D eigenvalue weighted by Gasteiger charge is 2.29. The second-order valence-corrected chi connectivity index (χ2v) is 47.6. The predicted octanol–water partition coefficient (Wildman–Crippen LogP) is 47.1. The van der Waals surface area contributed by atoms with Gasteiger partial charge in [-0.05, 0) is 135 Å². The molecule has 1 heterocycles. The van der Waals surface area contributed by atoms with E-state index in [0.29, 0.717) is 39.6 Å². The van der Waals surface area contributed by atoms with Gasteiger partial charge < -0.3 is 33.7 Å². The molecule has 4 aromatic rings. The predicted molar refractivity (Wildman–Crippen MR) is 649 cm³/mol. The summed E-state index contributed by atoms with van der Waals surface area (Å²) in [7, 11) is 0. The van der Waals surface area contributed by atoms with Crippen LogP contribution in [0.15, 0.2) is 74.4 Å². The van der Waals surface area contributed by atoms with Crippen LogP contribution in [0.3, 0.4) is 0 Å². The largest absolute Gasteiger partial charge is 0.490 e. The maximum absolute atomic E-state index is 7.30. The molecule has 1 N–H and O–H groups in total. The van der Waals surface area contributed by atoms with Crippen molar-refractivity contribution in [2.24, 2.45) is 5.10 Å². The fourth-order valence-corrected chi connectivity index (χ4v) is 24.5. The molecule has 0 fully saturated rings. The van der Waals surface area contributed by atoms with Crippen molar-refractivity contribution in [2.45, 2.75) is 655 Å². The number of unbranched alkanes of at least 4 members (excludes halogenated alkanes) is 81. The van der Waals surface area contributed by atoms with E-state index in [1.807, 2.05) is 0 Å². The maximum Gasteiger partial charge on any atom is 0.203 e. The molecule has 0 radical (unpaired) electrons. The standard InChI is InChI=1S/C133H235N3O6S3/c1-10-19-28-37-46-55-64-73-82-91-102-137-124-112-119(113-125(138-103-92-83-74-65-56-47-38-29-20-11-2)130(124)141-106-95-86-77-68-59-50-41-32-23-14-5)118-100-101-123-122(111-118)134-133(120-114-126(139-104-93-84-75-66-57-48-39-30-21-12-3)131(142-107-96-87-78-69-60-51-42-33-24-15-6)127(115-120)140-105-94-85-76-67-58-49-40-31-22-13-4)135-136(123)121-116-128(143-108-97-88-79-70-61-52-43-34-25-16-7)132(145-110-99-90-81-72-63-54-45-36-27-18-9)129(117-121)144-109-98-89-80-71-62-53-44-35-26-17-8/h100-101,111-117H,10-99,102-110H2,1-9H3,(H,134,135). The van der Waals surface area contributed by atoms with Crippen molar-refractivity contribution in [1.82, 2.24) is 0 Å². The number of nitrogens with one attached hydrogen (secondary N) is 1. The van der Waals surface area contributed by atoms with Gasteiger partial charge in [0.05, 0.1) is 56.7 Å². The van der Waals surface area contributed by atoms with Gasteiger partial charge in [-0.3, -0.25) is 0 Å². The number of thioether (sulfide) groups is 3. The number of hydrogen-bond donors (Lipinski definition) is 1. The summed E-state index contributed by atoms with van der Waals surface area (Å²) in [6.45, 7) is 24.8. The Hall–Kier alpha value is -4.00. The lowest BCUT2D eigenvalue weighted by molar-refractivity contribution is 0.234. The third-order valence-electron chi connectivity index (χ3n) is 30.3. The van der Waals surface area contributed by atoms with E-state index in [4.69, 9.17) is 33.5 Å². The molecule has 0 bridgehead atoms. The number of hydrazone groups is 1. The van der Waals surface area contributed by atoms with Crippen LogP contribution in [-0.4, -0.2) is 62.7 Å². The average molecular weight is 2070 g/mol. The SMILES string of the molecule is CCCCCCCCCCCCOc1cc(C2=NN(c3cc(SCCCCCCCCCCCC)c(SCCCCCCCCCCCC)c(SCCCCCCCCCCCC)c3)c3ccc(-c4cc(OCCCCCCCCCCCC)c(OCCCCCCCCCCCC)c(OCCCCCCCCCCCC)c4)cc3N2)cc(OCCCCCCCCCCCC)c1OCCCCCCCCCCCC. The lowest BCUT2D eigenvalue weighted by atomic mass is 10.0. The fourth-order valence-electron chi connectivity index (χ4n) is 20.8. The van der Waals surface area contributed by atoms with E-state index in [1.165, 1.54) is 522 Å². The van der Waals surface area contributed by atoms with Crippen LogP contribution in [0, 0.1) is 0 Å². The minimum absolute atomic E-state index is 0.617. The summed E-state index contributed by atoms with van der Waals surface area (Å²) in [6, 6.07) is 21.5. The first-order chi connectivity index (χ1) is 71.9. The first kappa shape index (κ1) is 131. The highest BCUT2D eigenvalue weighted by molar-refractivity contribution is 8.03. The third-order valence-corrected chi connectivity index (χ3v) is 34.1. The van der Waals surface area contributed by atoms with Crippen molar-refractivity contribution >= 4 is 58.2 Å². The number of benzene rings is 4. The van der Waals surface area contributed by atoms with Crippen LogP contribution in [0.5, 0.6) is 34.5 Å². The molecule has 1 aliphatic heterocycles. The number of amidine groups is 1. The molecule has 1 aliphatic rings. The van der Waals surface area contributed by atoms with E-state index >= 15 is 0 Å². The Balaban J connectivity index is 1.80. The van der Waals surface area contributed by atoms with Crippen molar-refractivity contribution < 1.29 is 28.4 Å². The molecule has 0 unspecified atom stereocenters. The molecule has 145 heavy (non-hydrogen) atoms. The zero-order chi connectivity index (χ0) is 103. The zero-order valence-corrected chi connectivity index (χ0v) is 99.7. The summed E-state index contributed by atoms with van der Waals surface area (Å²) < 4.78 is 43.4. The van der Waals surface area contributed by atoms with Gasteiger partial charge in [-0.15, -0.1) is 40.4 Å². The summed E-state index contributed by atoms with van der Waals surface area (Å²) >= 11 is 6.43. The molecule has 0 amide bonds. The lowest BCUT2D eigenvalue weighted by Crippen LogP contribution is -2.26. The number of nitrogens with zero attached hydrogens (tertiary/aromatic N) is 2. The normalized spacial score (nSPS) is 12.0. The van der Waals surface area contributed by atoms with Gasteiger partial charge >= 0.3 is 0 Å². The van der Waals surface area contributed by atoms with Crippen LogP contribution in [-0.2, 0) is 0 Å². The first-order valence-electron chi connectivity index (χ1n) is 64.4. The second-order valence-electron chi connectivity index (χ2n) is 44.3. The van der Waals surface area contributed by atoms with Crippen molar-refractivity contribution in [3.63, 3.8) is 0 Å². The molecule has 0 saturated heterocycles. The van der Waals surface area contributed by atoms with Crippen molar-refractivity contribution in [2.75, 3.05) is 67.2 Å². The Labute approximate surface area is 913 Å². The van der Waals surface area contributed by atoms with Crippen molar-refractivity contribution in [1.29, 1.82) is 0 Å². The smallest absolute Gasteiger partial charge is 0.203 e. The molecular weight excluding hydrogens is 1830 g/mol. The van der Waals surface area contributed by atoms with E-state index in [1.54, 1.807) is 0 Å². The van der Waals surface area contributed by atoms with Gasteiger partial charge in [-0.1, -0.05) is 588 Å². The quantitative estimate of drug-likeness (QED) is 0.0339. The highest BCUT2D eigenvalue weighted by atomic mass is 32.2. The summed E-state index contributed by atoms with van der Waals surface area (Å²) in [6.07, 6.45) is 117. The van der Waals surface area contributed by atoms with Gasteiger partial charge in [0.2, 0.25) is 11.5 Å². The van der Waals surface area contributed by atoms with E-state index in [2.05, 4.69) is 163 Å². The minimum atomic E-state index is 0.617. The van der Waals surface area contributed by atoms with Crippen LogP contribution in [0.1, 0.15) is 646 Å². The summed E-state index contributed by atoms with van der Waals surface area (Å²) in [5.41, 5.74) is 6.26. The molecule has 0 spiro atoms. The maximum atomic E-state index is 7.30. The Morgan fingerprint density at radius 1 is 0.207 bits per heavy atom. The Morgan fingerprint density at radius 2 is 0.414 bits per heavy atom. The molecule has 4 aromatic carbocycles. The summed E-state index contributed by atoms with van der Waals surface area (Å²) in [5, 5.41) is 12.6. The van der Waals surface area contributed by atoms with Crippen LogP contribution >= 0.6 is 35.3 Å². The Bertz CT molecular complexity index is 3420. The van der Waals surface area contributed by atoms with Gasteiger partial charge in [0, 0.05) is 20.2 Å². The number of hydrogen-bond acceptors (Lipinski definition) is 12. The topological polar surface area (TPSA) is 83.0 Å². The molecule has 0 saturated carbocycles. The molecule has 9 nitrogen and oxygen atoms in total. The molecule has 0 atom stereocenters. The van der Waals surface area contributed by atoms with E-state index in [0.717, 1.165) is 162 Å². The minimum Gasteiger partial charge on any atom is -0.490 e.